The molecule has 0 unspecified atom stereocenters. The Labute approximate surface area is 260 Å². The Kier molecular flexibility index (Phi) is 14.7. The number of hydrogen-bond donors (Lipinski definition) is 2. The van der Waals surface area contributed by atoms with E-state index in [9.17, 15) is 28.8 Å². The molecule has 3 aromatic carbocycles. The molecule has 0 aliphatic rings. The second kappa shape index (κ2) is 17.3. The number of carbonyl (C=O) groups excluding carboxylic acids is 4. The minimum absolute atomic E-state index is 0.0194. The molecule has 1 aromatic heterocycles. The number of aromatic nitrogens is 4. The standard InChI is InChI=1S/C9H7ClO2.C9H8N4O2.C9H8O3.C4H12Si/c1-6(11)7-2-4-8(5-3-7)9(10)12;1-6(14)7-2-4-8(5-3-7)13-9(15)10-11-12-13;1-6(10)7-2-4-8(5-3-7)9(11)12;1-5(2,3)4/h2-5H,1H3;2-5H,1H3,(H,10,12,15);2-5H,1H3,(H,11,12);1-4H3. The average molecular weight is 639 g/mol. The van der Waals surface area contributed by atoms with Crippen LogP contribution in [0.3, 0.4) is 0 Å². The summed E-state index contributed by atoms with van der Waals surface area (Å²) >= 11 is 5.21. The average Bonchev–Trinajstić information content (AvgIpc) is 3.38. The van der Waals surface area contributed by atoms with Gasteiger partial charge >= 0.3 is 11.7 Å². The molecule has 13 heteroatoms. The van der Waals surface area contributed by atoms with Crippen LogP contribution in [0.15, 0.2) is 77.6 Å². The lowest BCUT2D eigenvalue weighted by molar-refractivity contribution is 0.0695. The van der Waals surface area contributed by atoms with Gasteiger partial charge in [0.05, 0.1) is 11.3 Å². The van der Waals surface area contributed by atoms with E-state index in [1.165, 1.54) is 57.2 Å². The highest BCUT2D eigenvalue weighted by Crippen LogP contribution is 2.08. The van der Waals surface area contributed by atoms with E-state index in [1.54, 1.807) is 36.4 Å². The fourth-order valence-corrected chi connectivity index (χ4v) is 3.01. The number of hydrogen-bond acceptors (Lipinski definition) is 8. The van der Waals surface area contributed by atoms with Crippen molar-refractivity contribution < 1.29 is 29.1 Å². The molecule has 0 aliphatic heterocycles. The summed E-state index contributed by atoms with van der Waals surface area (Å²) in [7, 11) is -0.611. The Bertz CT molecular complexity index is 1500. The monoisotopic (exact) mass is 638 g/mol. The van der Waals surface area contributed by atoms with Gasteiger partial charge in [0, 0.05) is 30.3 Å². The van der Waals surface area contributed by atoms with Crippen LogP contribution in [0.2, 0.25) is 26.2 Å². The molecule has 0 saturated heterocycles. The minimum Gasteiger partial charge on any atom is -0.478 e. The van der Waals surface area contributed by atoms with Gasteiger partial charge < -0.3 is 5.11 Å². The van der Waals surface area contributed by atoms with Gasteiger partial charge in [-0.25, -0.2) is 14.7 Å². The molecule has 4 rings (SSSR count). The molecule has 0 saturated carbocycles. The van der Waals surface area contributed by atoms with Crippen LogP contribution in [0.25, 0.3) is 5.69 Å². The van der Waals surface area contributed by atoms with E-state index >= 15 is 0 Å². The van der Waals surface area contributed by atoms with Crippen LogP contribution in [0.5, 0.6) is 0 Å². The summed E-state index contributed by atoms with van der Waals surface area (Å²) in [6.45, 7) is 13.7. The number of halogens is 1. The van der Waals surface area contributed by atoms with Crippen LogP contribution in [0, 0.1) is 0 Å². The van der Waals surface area contributed by atoms with E-state index in [0.29, 0.717) is 27.9 Å². The van der Waals surface area contributed by atoms with Gasteiger partial charge in [0.15, 0.2) is 17.3 Å². The van der Waals surface area contributed by atoms with E-state index < -0.39 is 25.0 Å². The molecule has 44 heavy (non-hydrogen) atoms. The largest absolute Gasteiger partial charge is 0.478 e. The smallest absolute Gasteiger partial charge is 0.365 e. The molecule has 0 fully saturated rings. The third kappa shape index (κ3) is 13.9. The third-order valence-corrected chi connectivity index (χ3v) is 5.27. The lowest BCUT2D eigenvalue weighted by atomic mass is 10.1. The summed E-state index contributed by atoms with van der Waals surface area (Å²) in [5.41, 5.74) is 2.46. The molecule has 232 valence electrons. The van der Waals surface area contributed by atoms with Gasteiger partial charge in [0.25, 0.3) is 5.24 Å². The zero-order valence-corrected chi connectivity index (χ0v) is 27.3. The maximum atomic E-state index is 11.2. The van der Waals surface area contributed by atoms with Gasteiger partial charge in [-0.3, -0.25) is 19.2 Å². The fraction of sp³-hybridized carbons (Fsp3) is 0.226. The number of nitrogens with one attached hydrogen (secondary N) is 1. The van der Waals surface area contributed by atoms with Crippen molar-refractivity contribution in [3.05, 3.63) is 111 Å². The molecule has 0 aliphatic carbocycles. The van der Waals surface area contributed by atoms with E-state index in [2.05, 4.69) is 41.7 Å². The van der Waals surface area contributed by atoms with Gasteiger partial charge in [-0.2, -0.15) is 4.68 Å². The topological polar surface area (TPSA) is 169 Å². The number of ketones is 3. The summed E-state index contributed by atoms with van der Waals surface area (Å²) in [6.07, 6.45) is 0. The molecule has 0 radical (unpaired) electrons. The maximum absolute atomic E-state index is 11.2. The van der Waals surface area contributed by atoms with Gasteiger partial charge in [-0.1, -0.05) is 50.5 Å². The number of aromatic amines is 1. The number of aromatic carboxylic acids is 1. The summed E-state index contributed by atoms with van der Waals surface area (Å²) in [4.78, 5) is 64.8. The Balaban J connectivity index is 0.000000309. The highest BCUT2D eigenvalue weighted by atomic mass is 35.5. The van der Waals surface area contributed by atoms with Crippen LogP contribution in [-0.4, -0.2) is 61.9 Å². The summed E-state index contributed by atoms with van der Waals surface area (Å²) in [5, 5.41) is 17.1. The second-order valence-corrected chi connectivity index (χ2v) is 17.2. The first-order valence-electron chi connectivity index (χ1n) is 13.2. The maximum Gasteiger partial charge on any atom is 0.365 e. The quantitative estimate of drug-likeness (QED) is 0.147. The van der Waals surface area contributed by atoms with Crippen LogP contribution in [0.1, 0.15) is 72.6 Å². The summed E-state index contributed by atoms with van der Waals surface area (Å²) in [6, 6.07) is 18.6. The Hall–Kier alpha value is -4.81. The molecule has 0 atom stereocenters. The van der Waals surface area contributed by atoms with Gasteiger partial charge in [0.2, 0.25) is 0 Å². The first-order valence-corrected chi connectivity index (χ1v) is 17.6. The van der Waals surface area contributed by atoms with Gasteiger partial charge in [0.1, 0.15) is 0 Å². The van der Waals surface area contributed by atoms with Gasteiger partial charge in [-0.15, -0.1) is 0 Å². The van der Waals surface area contributed by atoms with Crippen molar-refractivity contribution in [3.63, 3.8) is 0 Å². The third-order valence-electron chi connectivity index (χ3n) is 5.05. The number of nitrogens with zero attached hydrogens (tertiary/aromatic N) is 3. The van der Waals surface area contributed by atoms with Crippen molar-refractivity contribution in [2.24, 2.45) is 0 Å². The number of rotatable bonds is 6. The lowest BCUT2D eigenvalue weighted by Gasteiger charge is -2.01. The van der Waals surface area contributed by atoms with Crippen molar-refractivity contribution >= 4 is 48.2 Å². The fourth-order valence-electron chi connectivity index (χ4n) is 2.89. The van der Waals surface area contributed by atoms with Crippen LogP contribution in [0.4, 0.5) is 0 Å². The first kappa shape index (κ1) is 37.2. The highest BCUT2D eigenvalue weighted by molar-refractivity contribution is 6.74. The van der Waals surface area contributed by atoms with Crippen LogP contribution < -0.4 is 5.69 Å². The SMILES string of the molecule is CC(=O)c1ccc(-n2nn[nH]c2=O)cc1.CC(=O)c1ccc(C(=O)Cl)cc1.CC(=O)c1ccc(C(=O)O)cc1.C[Si](C)(C)C. The molecule has 0 bridgehead atoms. The van der Waals surface area contributed by atoms with E-state index in [4.69, 9.17) is 16.7 Å². The van der Waals surface area contributed by atoms with E-state index in [0.717, 1.165) is 4.68 Å². The van der Waals surface area contributed by atoms with Crippen molar-refractivity contribution in [3.8, 4) is 5.69 Å². The van der Waals surface area contributed by atoms with Crippen molar-refractivity contribution in [1.82, 2.24) is 20.2 Å². The molecule has 4 aromatic rings. The molecular formula is C31H35ClN4O7Si. The molecule has 1 heterocycles. The zero-order chi connectivity index (χ0) is 33.6. The predicted molar refractivity (Wildman–Crippen MR) is 171 cm³/mol. The number of H-pyrrole nitrogens is 1. The molecular weight excluding hydrogens is 604 g/mol. The first-order chi connectivity index (χ1) is 20.4. The van der Waals surface area contributed by atoms with Gasteiger partial charge in [-0.05, 0) is 91.3 Å². The number of tetrazole rings is 1. The Morgan fingerprint density at radius 3 is 1.25 bits per heavy atom. The molecule has 2 N–H and O–H groups in total. The number of carboxylic acids is 1. The summed E-state index contributed by atoms with van der Waals surface area (Å²) < 4.78 is 1.11. The van der Waals surface area contributed by atoms with Crippen LogP contribution >= 0.6 is 11.6 Å². The molecule has 0 amide bonds. The Morgan fingerprint density at radius 2 is 0.977 bits per heavy atom. The second-order valence-electron chi connectivity index (χ2n) is 10.9. The van der Waals surface area contributed by atoms with Crippen LogP contribution in [-0.2, 0) is 0 Å². The lowest BCUT2D eigenvalue weighted by Crippen LogP contribution is -2.15. The highest BCUT2D eigenvalue weighted by Gasteiger charge is 2.05. The van der Waals surface area contributed by atoms with Crippen molar-refractivity contribution in [1.29, 1.82) is 0 Å². The minimum atomic E-state index is -0.981. The number of carboxylic acid groups (broad SMARTS) is 1. The summed E-state index contributed by atoms with van der Waals surface area (Å²) in [5.74, 6) is -1.09. The zero-order valence-electron chi connectivity index (χ0n) is 25.5. The predicted octanol–water partition coefficient (Wildman–Crippen LogP) is 5.97. The van der Waals surface area contributed by atoms with E-state index in [-0.39, 0.29) is 22.9 Å². The van der Waals surface area contributed by atoms with E-state index in [1.807, 2.05) is 0 Å². The van der Waals surface area contributed by atoms with Crippen molar-refractivity contribution in [2.45, 2.75) is 47.0 Å². The normalized spacial score (nSPS) is 10.0. The molecule has 0 spiro atoms. The number of Topliss-reactive ketones (excluding diaryl/α,β-unsaturated/α-hetero) is 3. The number of carbonyl (C=O) groups is 5. The molecule has 11 nitrogen and oxygen atoms in total. The Morgan fingerprint density at radius 1 is 0.659 bits per heavy atom. The van der Waals surface area contributed by atoms with Crippen molar-refractivity contribution in [2.75, 3.05) is 0 Å². The number of benzene rings is 3.